The number of aliphatic hydroxyl groups excluding tert-OH is 1. The number of amides is 1. The number of aryl methyl sites for hydroxylation is 1. The van der Waals surface area contributed by atoms with Crippen LogP contribution in [0.3, 0.4) is 0 Å². The number of primary amides is 1. The molecule has 1 amide bonds. The molecule has 2 aromatic carbocycles. The van der Waals surface area contributed by atoms with Crippen LogP contribution < -0.4 is 10.5 Å². The molecule has 6 heteroatoms. The van der Waals surface area contributed by atoms with Gasteiger partial charge in [0.25, 0.3) is 5.91 Å². The molecule has 0 saturated heterocycles. The molecule has 0 aliphatic carbocycles. The number of rotatable bonds is 9. The highest BCUT2D eigenvalue weighted by atomic mass is 16.5. The van der Waals surface area contributed by atoms with E-state index < -0.39 is 12.0 Å². The second-order valence-electron chi connectivity index (χ2n) is 6.39. The van der Waals surface area contributed by atoms with Crippen LogP contribution in [0.5, 0.6) is 11.5 Å². The van der Waals surface area contributed by atoms with Crippen LogP contribution >= 0.6 is 0 Å². The maximum atomic E-state index is 11.1. The van der Waals surface area contributed by atoms with Crippen LogP contribution in [0.2, 0.25) is 0 Å². The molecule has 1 heterocycles. The van der Waals surface area contributed by atoms with Crippen LogP contribution in [0.4, 0.5) is 0 Å². The molecule has 0 fully saturated rings. The minimum Gasteiger partial charge on any atom is -0.457 e. The van der Waals surface area contributed by atoms with Crippen LogP contribution in [-0.2, 0) is 13.0 Å². The van der Waals surface area contributed by atoms with E-state index in [4.69, 9.17) is 10.5 Å². The lowest BCUT2D eigenvalue weighted by molar-refractivity contribution is 0.0995. The van der Waals surface area contributed by atoms with Crippen molar-refractivity contribution in [1.29, 1.82) is 0 Å². The van der Waals surface area contributed by atoms with Gasteiger partial charge in [0.1, 0.15) is 17.2 Å². The molecule has 140 valence electrons. The molecule has 0 aliphatic rings. The first-order valence-electron chi connectivity index (χ1n) is 8.92. The smallest absolute Gasteiger partial charge is 0.268 e. The van der Waals surface area contributed by atoms with Gasteiger partial charge in [0.15, 0.2) is 0 Å². The number of nitrogens with two attached hydrogens (primary N) is 1. The van der Waals surface area contributed by atoms with Gasteiger partial charge in [-0.1, -0.05) is 36.4 Å². The molecule has 0 unspecified atom stereocenters. The zero-order valence-corrected chi connectivity index (χ0v) is 15.0. The number of carbonyl (C=O) groups excluding carboxylic acids is 1. The van der Waals surface area contributed by atoms with Crippen molar-refractivity contribution in [3.63, 3.8) is 0 Å². The monoisotopic (exact) mass is 365 g/mol. The highest BCUT2D eigenvalue weighted by Gasteiger charge is 2.10. The van der Waals surface area contributed by atoms with Crippen molar-refractivity contribution in [2.24, 2.45) is 5.73 Å². The number of imidazole rings is 1. The van der Waals surface area contributed by atoms with Crippen molar-refractivity contribution < 1.29 is 14.6 Å². The lowest BCUT2D eigenvalue weighted by Gasteiger charge is -2.13. The van der Waals surface area contributed by atoms with Crippen molar-refractivity contribution >= 4 is 5.91 Å². The van der Waals surface area contributed by atoms with Crippen molar-refractivity contribution in [3.05, 3.63) is 78.4 Å². The number of aromatic nitrogens is 2. The maximum Gasteiger partial charge on any atom is 0.268 e. The largest absolute Gasteiger partial charge is 0.457 e. The Morgan fingerprint density at radius 1 is 1.15 bits per heavy atom. The van der Waals surface area contributed by atoms with Gasteiger partial charge in [-0.3, -0.25) is 4.79 Å². The molecule has 6 nitrogen and oxygen atoms in total. The number of aliphatic hydroxyl groups is 1. The summed E-state index contributed by atoms with van der Waals surface area (Å²) in [5.41, 5.74) is 6.49. The van der Waals surface area contributed by atoms with Gasteiger partial charge in [0.2, 0.25) is 0 Å². The Kier molecular flexibility index (Phi) is 6.22. The molecular formula is C21H23N3O3. The second-order valence-corrected chi connectivity index (χ2v) is 6.39. The summed E-state index contributed by atoms with van der Waals surface area (Å²) in [6, 6.07) is 17.6. The van der Waals surface area contributed by atoms with Crippen LogP contribution in [-0.4, -0.2) is 26.7 Å². The van der Waals surface area contributed by atoms with Gasteiger partial charge < -0.3 is 20.1 Å². The molecule has 0 bridgehead atoms. The number of para-hydroxylation sites is 2. The molecule has 1 atom stereocenters. The lowest BCUT2D eigenvalue weighted by atomic mass is 10.0. The molecule has 3 N–H and O–H groups in total. The molecule has 0 aliphatic heterocycles. The van der Waals surface area contributed by atoms with Gasteiger partial charge in [-0.05, 0) is 43.0 Å². The number of carbonyl (C=O) groups is 1. The van der Waals surface area contributed by atoms with Gasteiger partial charge >= 0.3 is 0 Å². The fourth-order valence-electron chi connectivity index (χ4n) is 2.88. The van der Waals surface area contributed by atoms with Gasteiger partial charge in [0, 0.05) is 12.7 Å². The van der Waals surface area contributed by atoms with E-state index in [-0.39, 0.29) is 5.69 Å². The Hall–Kier alpha value is -3.12. The summed E-state index contributed by atoms with van der Waals surface area (Å²) in [5, 5.41) is 10.2. The molecular weight excluding hydrogens is 342 g/mol. The summed E-state index contributed by atoms with van der Waals surface area (Å²) in [7, 11) is 0. The van der Waals surface area contributed by atoms with E-state index in [1.54, 1.807) is 10.8 Å². The summed E-state index contributed by atoms with van der Waals surface area (Å²) >= 11 is 0. The zero-order valence-electron chi connectivity index (χ0n) is 15.0. The lowest BCUT2D eigenvalue weighted by Crippen LogP contribution is -2.15. The SMILES string of the molecule is NC(=O)c1cn(C[C@@H](O)CCCc2ccccc2Oc2ccccc2)cn1. The minimum atomic E-state index is -0.571. The van der Waals surface area contributed by atoms with Gasteiger partial charge in [-0.2, -0.15) is 0 Å². The number of nitrogens with zero attached hydrogens (tertiary/aromatic N) is 2. The third kappa shape index (κ3) is 5.43. The van der Waals surface area contributed by atoms with E-state index in [9.17, 15) is 9.90 Å². The molecule has 3 rings (SSSR count). The minimum absolute atomic E-state index is 0.203. The highest BCUT2D eigenvalue weighted by Crippen LogP contribution is 2.26. The van der Waals surface area contributed by atoms with E-state index >= 15 is 0 Å². The molecule has 0 radical (unpaired) electrons. The first-order valence-corrected chi connectivity index (χ1v) is 8.92. The first kappa shape index (κ1) is 18.7. The maximum absolute atomic E-state index is 11.1. The Morgan fingerprint density at radius 2 is 1.89 bits per heavy atom. The van der Waals surface area contributed by atoms with Crippen molar-refractivity contribution in [2.75, 3.05) is 0 Å². The molecule has 27 heavy (non-hydrogen) atoms. The van der Waals surface area contributed by atoms with Crippen molar-refractivity contribution in [3.8, 4) is 11.5 Å². The fourth-order valence-corrected chi connectivity index (χ4v) is 2.88. The van der Waals surface area contributed by atoms with E-state index in [2.05, 4.69) is 4.98 Å². The summed E-state index contributed by atoms with van der Waals surface area (Å²) in [6.45, 7) is 0.377. The van der Waals surface area contributed by atoms with E-state index in [0.717, 1.165) is 29.9 Å². The predicted molar refractivity (Wildman–Crippen MR) is 103 cm³/mol. The summed E-state index contributed by atoms with van der Waals surface area (Å²) in [6.07, 6.45) is 4.77. The standard InChI is InChI=1S/C21H23N3O3/c22-21(26)19-14-24(15-23-19)13-17(25)9-6-8-16-7-4-5-12-20(16)27-18-10-2-1-3-11-18/h1-5,7,10-12,14-15,17,25H,6,8-9,13H2,(H2,22,26)/t17-/m0/s1. The van der Waals surface area contributed by atoms with Gasteiger partial charge in [-0.25, -0.2) is 4.98 Å². The zero-order chi connectivity index (χ0) is 19.1. The third-order valence-corrected chi connectivity index (χ3v) is 4.23. The second kappa shape index (κ2) is 9.00. The molecule has 3 aromatic rings. The summed E-state index contributed by atoms with van der Waals surface area (Å²) in [4.78, 5) is 15.0. The number of ether oxygens (including phenoxy) is 1. The average Bonchev–Trinajstić information content (AvgIpc) is 3.13. The molecule has 0 spiro atoms. The highest BCUT2D eigenvalue weighted by molar-refractivity contribution is 5.90. The molecule has 1 aromatic heterocycles. The Bertz CT molecular complexity index is 877. The van der Waals surface area contributed by atoms with Crippen LogP contribution in [0.15, 0.2) is 67.1 Å². The molecule has 0 saturated carbocycles. The van der Waals surface area contributed by atoms with Gasteiger partial charge in [-0.15, -0.1) is 0 Å². The predicted octanol–water partition coefficient (Wildman–Crippen LogP) is 3.16. The first-order chi connectivity index (χ1) is 13.1. The summed E-state index contributed by atoms with van der Waals surface area (Å²) < 4.78 is 7.65. The quantitative estimate of drug-likeness (QED) is 0.609. The Balaban J connectivity index is 1.52. The fraction of sp³-hybridized carbons (Fsp3) is 0.238. The normalized spacial score (nSPS) is 11.9. The van der Waals surface area contributed by atoms with Crippen molar-refractivity contribution in [1.82, 2.24) is 9.55 Å². The van der Waals surface area contributed by atoms with E-state index in [1.165, 1.54) is 6.33 Å². The van der Waals surface area contributed by atoms with Gasteiger partial charge in [0.05, 0.1) is 12.4 Å². The number of benzene rings is 2. The Morgan fingerprint density at radius 3 is 2.63 bits per heavy atom. The van der Waals surface area contributed by atoms with Crippen molar-refractivity contribution in [2.45, 2.75) is 31.9 Å². The Labute approximate surface area is 158 Å². The number of hydrogen-bond donors (Lipinski definition) is 2. The summed E-state index contributed by atoms with van der Waals surface area (Å²) in [5.74, 6) is 1.06. The topological polar surface area (TPSA) is 90.4 Å². The van der Waals surface area contributed by atoms with Crippen LogP contribution in [0, 0.1) is 0 Å². The van der Waals surface area contributed by atoms with E-state index in [0.29, 0.717) is 13.0 Å². The number of hydrogen-bond acceptors (Lipinski definition) is 4. The third-order valence-electron chi connectivity index (χ3n) is 4.23. The van der Waals surface area contributed by atoms with E-state index in [1.807, 2.05) is 54.6 Å². The van der Waals surface area contributed by atoms with Crippen LogP contribution in [0.25, 0.3) is 0 Å². The van der Waals surface area contributed by atoms with Crippen LogP contribution in [0.1, 0.15) is 28.9 Å². The average molecular weight is 365 g/mol.